The van der Waals surface area contributed by atoms with Gasteiger partial charge in [0.25, 0.3) is 0 Å². The van der Waals surface area contributed by atoms with Crippen LogP contribution in [0.1, 0.15) is 0 Å². The number of nitrogens with two attached hydrogens (primary N) is 1. The molecule has 0 aromatic heterocycles. The molecule has 0 heterocycles. The monoisotopic (exact) mass is 277 g/mol. The van der Waals surface area contributed by atoms with E-state index in [2.05, 4.69) is 15.9 Å². The minimum absolute atomic E-state index is 0.298. The van der Waals surface area contributed by atoms with Crippen molar-refractivity contribution < 1.29 is 13.9 Å². The number of hydrogen-bond acceptors (Lipinski definition) is 3. The molecule has 84 valence electrons. The molecule has 0 atom stereocenters. The highest BCUT2D eigenvalue weighted by molar-refractivity contribution is 9.10. The molecule has 15 heavy (non-hydrogen) atoms. The second-order valence-corrected chi connectivity index (χ2v) is 3.68. The van der Waals surface area contributed by atoms with Crippen LogP contribution in [0.5, 0.6) is 5.75 Å². The molecule has 0 fully saturated rings. The van der Waals surface area contributed by atoms with Crippen LogP contribution < -0.4 is 10.5 Å². The first-order chi connectivity index (χ1) is 7.24. The van der Waals surface area contributed by atoms with E-state index in [9.17, 15) is 4.39 Å². The average Bonchev–Trinajstić information content (AvgIpc) is 2.20. The van der Waals surface area contributed by atoms with Crippen LogP contribution in [0.3, 0.4) is 0 Å². The van der Waals surface area contributed by atoms with E-state index in [0.29, 0.717) is 36.6 Å². The van der Waals surface area contributed by atoms with Crippen molar-refractivity contribution in [2.75, 3.05) is 26.4 Å². The van der Waals surface area contributed by atoms with Gasteiger partial charge in [-0.15, -0.1) is 0 Å². The van der Waals surface area contributed by atoms with Crippen molar-refractivity contribution in [3.05, 3.63) is 28.5 Å². The summed E-state index contributed by atoms with van der Waals surface area (Å²) < 4.78 is 23.8. The van der Waals surface area contributed by atoms with Gasteiger partial charge in [-0.05, 0) is 34.1 Å². The van der Waals surface area contributed by atoms with Crippen LogP contribution in [-0.2, 0) is 4.74 Å². The maximum atomic E-state index is 12.7. The summed E-state index contributed by atoms with van der Waals surface area (Å²) in [5.41, 5.74) is 5.25. The maximum absolute atomic E-state index is 12.7. The summed E-state index contributed by atoms with van der Waals surface area (Å²) in [5, 5.41) is 0. The highest BCUT2D eigenvalue weighted by atomic mass is 79.9. The van der Waals surface area contributed by atoms with Crippen molar-refractivity contribution in [3.8, 4) is 5.75 Å². The summed E-state index contributed by atoms with van der Waals surface area (Å²) in [6, 6.07) is 4.28. The van der Waals surface area contributed by atoms with Gasteiger partial charge in [0.05, 0.1) is 17.7 Å². The zero-order valence-electron chi connectivity index (χ0n) is 8.21. The Balaban J connectivity index is 2.31. The molecule has 2 N–H and O–H groups in total. The molecule has 0 unspecified atom stereocenters. The average molecular weight is 278 g/mol. The zero-order valence-corrected chi connectivity index (χ0v) is 9.80. The third-order valence-electron chi connectivity index (χ3n) is 1.64. The second kappa shape index (κ2) is 6.76. The van der Waals surface area contributed by atoms with Crippen LogP contribution in [-0.4, -0.2) is 26.4 Å². The summed E-state index contributed by atoms with van der Waals surface area (Å²) in [4.78, 5) is 0. The fraction of sp³-hybridized carbons (Fsp3) is 0.400. The van der Waals surface area contributed by atoms with Gasteiger partial charge < -0.3 is 15.2 Å². The molecule has 1 aromatic carbocycles. The molecule has 0 saturated heterocycles. The number of halogens is 2. The quantitative estimate of drug-likeness (QED) is 0.809. The first-order valence-electron chi connectivity index (χ1n) is 4.59. The Kier molecular flexibility index (Phi) is 5.60. The number of rotatable bonds is 6. The van der Waals surface area contributed by atoms with Gasteiger partial charge in [-0.25, -0.2) is 4.39 Å². The van der Waals surface area contributed by atoms with Crippen molar-refractivity contribution in [1.29, 1.82) is 0 Å². The van der Waals surface area contributed by atoms with E-state index >= 15 is 0 Å². The molecule has 0 bridgehead atoms. The van der Waals surface area contributed by atoms with E-state index < -0.39 is 0 Å². The minimum atomic E-state index is -0.298. The summed E-state index contributed by atoms with van der Waals surface area (Å²) in [5.74, 6) is 0.307. The van der Waals surface area contributed by atoms with E-state index in [1.54, 1.807) is 6.07 Å². The molecule has 1 rings (SSSR count). The molecule has 0 saturated carbocycles. The van der Waals surface area contributed by atoms with Crippen molar-refractivity contribution in [1.82, 2.24) is 0 Å². The van der Waals surface area contributed by atoms with E-state index in [4.69, 9.17) is 15.2 Å². The first kappa shape index (κ1) is 12.4. The minimum Gasteiger partial charge on any atom is -0.490 e. The van der Waals surface area contributed by atoms with Crippen molar-refractivity contribution in [2.24, 2.45) is 5.73 Å². The van der Waals surface area contributed by atoms with Gasteiger partial charge in [-0.3, -0.25) is 0 Å². The largest absolute Gasteiger partial charge is 0.490 e. The predicted octanol–water partition coefficient (Wildman–Crippen LogP) is 1.94. The Hall–Kier alpha value is -0.650. The summed E-state index contributed by atoms with van der Waals surface area (Å²) in [6.45, 7) is 1.92. The Morgan fingerprint density at radius 3 is 2.73 bits per heavy atom. The Labute approximate surface area is 96.5 Å². The fourth-order valence-electron chi connectivity index (χ4n) is 0.988. The van der Waals surface area contributed by atoms with Gasteiger partial charge in [0, 0.05) is 6.54 Å². The van der Waals surface area contributed by atoms with E-state index in [1.165, 1.54) is 12.1 Å². The number of ether oxygens (including phenoxy) is 2. The lowest BCUT2D eigenvalue weighted by molar-refractivity contribution is 0.105. The van der Waals surface area contributed by atoms with Crippen molar-refractivity contribution in [2.45, 2.75) is 0 Å². The molecule has 5 heteroatoms. The number of hydrogen-bond donors (Lipinski definition) is 1. The Morgan fingerprint density at radius 1 is 1.27 bits per heavy atom. The van der Waals surface area contributed by atoms with Crippen LogP contribution in [0, 0.1) is 5.82 Å². The van der Waals surface area contributed by atoms with Crippen LogP contribution in [0.4, 0.5) is 4.39 Å². The van der Waals surface area contributed by atoms with Gasteiger partial charge in [0.2, 0.25) is 0 Å². The van der Waals surface area contributed by atoms with E-state index in [1.807, 2.05) is 0 Å². The predicted molar refractivity (Wildman–Crippen MR) is 59.5 cm³/mol. The molecule has 1 aromatic rings. The molecular formula is C10H13BrFNO2. The molecule has 0 aliphatic heterocycles. The fourth-order valence-corrected chi connectivity index (χ4v) is 1.45. The number of benzene rings is 1. The van der Waals surface area contributed by atoms with Crippen LogP contribution >= 0.6 is 15.9 Å². The standard InChI is InChI=1S/C10H13BrFNO2/c11-9-7-8(12)1-2-10(9)15-6-5-14-4-3-13/h1-2,7H,3-6,13H2. The third kappa shape index (κ3) is 4.59. The molecule has 0 spiro atoms. The van der Waals surface area contributed by atoms with Gasteiger partial charge in [-0.2, -0.15) is 0 Å². The van der Waals surface area contributed by atoms with E-state index in [-0.39, 0.29) is 5.82 Å². The lowest BCUT2D eigenvalue weighted by Gasteiger charge is -2.08. The van der Waals surface area contributed by atoms with Crippen LogP contribution in [0.25, 0.3) is 0 Å². The van der Waals surface area contributed by atoms with Crippen molar-refractivity contribution in [3.63, 3.8) is 0 Å². The Bertz CT molecular complexity index is 309. The lowest BCUT2D eigenvalue weighted by atomic mass is 10.3. The topological polar surface area (TPSA) is 44.5 Å². The summed E-state index contributed by atoms with van der Waals surface area (Å²) in [6.07, 6.45) is 0. The molecular weight excluding hydrogens is 265 g/mol. The van der Waals surface area contributed by atoms with Crippen molar-refractivity contribution >= 4 is 15.9 Å². The SMILES string of the molecule is NCCOCCOc1ccc(F)cc1Br. The molecule has 0 amide bonds. The summed E-state index contributed by atoms with van der Waals surface area (Å²) >= 11 is 3.20. The van der Waals surface area contributed by atoms with Gasteiger partial charge >= 0.3 is 0 Å². The second-order valence-electron chi connectivity index (χ2n) is 2.82. The Morgan fingerprint density at radius 2 is 2.07 bits per heavy atom. The highest BCUT2D eigenvalue weighted by Crippen LogP contribution is 2.25. The molecule has 0 aliphatic rings. The third-order valence-corrected chi connectivity index (χ3v) is 2.26. The van der Waals surface area contributed by atoms with E-state index in [0.717, 1.165) is 0 Å². The van der Waals surface area contributed by atoms with Crippen LogP contribution in [0.2, 0.25) is 0 Å². The van der Waals surface area contributed by atoms with Gasteiger partial charge in [-0.1, -0.05) is 0 Å². The van der Waals surface area contributed by atoms with Gasteiger partial charge in [0.15, 0.2) is 0 Å². The lowest BCUT2D eigenvalue weighted by Crippen LogP contribution is -2.13. The zero-order chi connectivity index (χ0) is 11.1. The van der Waals surface area contributed by atoms with Crippen LogP contribution in [0.15, 0.2) is 22.7 Å². The molecule has 0 radical (unpaired) electrons. The molecule has 0 aliphatic carbocycles. The normalized spacial score (nSPS) is 10.3. The highest BCUT2D eigenvalue weighted by Gasteiger charge is 2.01. The smallest absolute Gasteiger partial charge is 0.133 e. The summed E-state index contributed by atoms with van der Waals surface area (Å²) in [7, 11) is 0. The first-order valence-corrected chi connectivity index (χ1v) is 5.39. The van der Waals surface area contributed by atoms with Gasteiger partial charge in [0.1, 0.15) is 18.2 Å². The maximum Gasteiger partial charge on any atom is 0.133 e. The molecule has 3 nitrogen and oxygen atoms in total.